The third kappa shape index (κ3) is 3.36. The fraction of sp³-hybridized carbons (Fsp3) is 0.562. The van der Waals surface area contributed by atoms with Gasteiger partial charge in [0.2, 0.25) is 0 Å². The van der Waals surface area contributed by atoms with Crippen molar-refractivity contribution in [2.75, 3.05) is 20.2 Å². The second kappa shape index (κ2) is 6.30. The second-order valence-electron chi connectivity index (χ2n) is 5.94. The van der Waals surface area contributed by atoms with Gasteiger partial charge >= 0.3 is 0 Å². The Balaban J connectivity index is 1.72. The summed E-state index contributed by atoms with van der Waals surface area (Å²) in [5.41, 5.74) is 7.13. The van der Waals surface area contributed by atoms with E-state index in [1.165, 1.54) is 22.5 Å². The van der Waals surface area contributed by atoms with Crippen LogP contribution in [0.3, 0.4) is 0 Å². The van der Waals surface area contributed by atoms with Gasteiger partial charge in [-0.05, 0) is 50.4 Å². The van der Waals surface area contributed by atoms with Crippen LogP contribution in [0.15, 0.2) is 18.2 Å². The summed E-state index contributed by atoms with van der Waals surface area (Å²) in [7, 11) is 1.70. The van der Waals surface area contributed by atoms with Crippen molar-refractivity contribution in [1.82, 2.24) is 9.88 Å². The van der Waals surface area contributed by atoms with Crippen molar-refractivity contribution in [1.29, 1.82) is 0 Å². The van der Waals surface area contributed by atoms with Gasteiger partial charge in [-0.3, -0.25) is 4.90 Å². The molecule has 4 nitrogen and oxygen atoms in total. The Kier molecular flexibility index (Phi) is 4.42. The molecule has 1 aromatic heterocycles. The molecule has 1 aliphatic rings. The molecule has 0 radical (unpaired) electrons. The van der Waals surface area contributed by atoms with Gasteiger partial charge in [-0.2, -0.15) is 0 Å². The van der Waals surface area contributed by atoms with E-state index in [4.69, 9.17) is 15.5 Å². The van der Waals surface area contributed by atoms with E-state index in [1.807, 2.05) is 12.1 Å². The van der Waals surface area contributed by atoms with Crippen LogP contribution in [0.2, 0.25) is 0 Å². The monoisotopic (exact) mass is 305 g/mol. The zero-order chi connectivity index (χ0) is 14.8. The van der Waals surface area contributed by atoms with Crippen LogP contribution in [0, 0.1) is 5.92 Å². The molecule has 1 fully saturated rings. The Bertz CT molecular complexity index is 611. The molecule has 0 amide bonds. The first-order chi connectivity index (χ1) is 10.2. The van der Waals surface area contributed by atoms with Gasteiger partial charge in [-0.25, -0.2) is 4.98 Å². The number of benzene rings is 1. The Morgan fingerprint density at radius 1 is 1.52 bits per heavy atom. The lowest BCUT2D eigenvalue weighted by Crippen LogP contribution is -2.41. The summed E-state index contributed by atoms with van der Waals surface area (Å²) in [6.45, 7) is 5.31. The molecular weight excluding hydrogens is 282 g/mol. The van der Waals surface area contributed by atoms with Crippen molar-refractivity contribution >= 4 is 21.6 Å². The average Bonchev–Trinajstić information content (AvgIpc) is 2.88. The maximum atomic E-state index is 6.06. The summed E-state index contributed by atoms with van der Waals surface area (Å²) in [5.74, 6) is 1.51. The van der Waals surface area contributed by atoms with Crippen molar-refractivity contribution in [2.45, 2.75) is 32.4 Å². The van der Waals surface area contributed by atoms with Gasteiger partial charge in [0, 0.05) is 12.6 Å². The molecule has 2 N–H and O–H groups in total. The van der Waals surface area contributed by atoms with Crippen molar-refractivity contribution in [2.24, 2.45) is 11.7 Å². The van der Waals surface area contributed by atoms with Gasteiger partial charge in [0.05, 0.1) is 23.9 Å². The van der Waals surface area contributed by atoms with Crippen molar-refractivity contribution in [3.63, 3.8) is 0 Å². The van der Waals surface area contributed by atoms with E-state index in [-0.39, 0.29) is 6.04 Å². The van der Waals surface area contributed by atoms with Gasteiger partial charge in [-0.1, -0.05) is 0 Å². The van der Waals surface area contributed by atoms with Crippen molar-refractivity contribution in [3.8, 4) is 5.75 Å². The van der Waals surface area contributed by atoms with E-state index in [9.17, 15) is 0 Å². The Labute approximate surface area is 129 Å². The molecule has 1 aliphatic heterocycles. The van der Waals surface area contributed by atoms with Crippen LogP contribution >= 0.6 is 11.3 Å². The molecular formula is C16H23N3OS. The van der Waals surface area contributed by atoms with Gasteiger partial charge in [0.1, 0.15) is 10.8 Å². The third-order valence-electron chi connectivity index (χ3n) is 4.28. The molecule has 114 valence electrons. The molecule has 0 spiro atoms. The number of thiazole rings is 1. The van der Waals surface area contributed by atoms with Crippen LogP contribution in [-0.2, 0) is 6.54 Å². The van der Waals surface area contributed by atoms with Crippen LogP contribution in [0.25, 0.3) is 10.2 Å². The zero-order valence-corrected chi connectivity index (χ0v) is 13.5. The van der Waals surface area contributed by atoms with Crippen LogP contribution in [0.4, 0.5) is 0 Å². The molecule has 2 aromatic rings. The molecule has 2 heterocycles. The summed E-state index contributed by atoms with van der Waals surface area (Å²) in [6, 6.07) is 6.36. The van der Waals surface area contributed by atoms with E-state index in [0.29, 0.717) is 5.92 Å². The van der Waals surface area contributed by atoms with E-state index in [2.05, 4.69) is 17.9 Å². The normalized spacial score (nSPS) is 21.6. The molecule has 2 atom stereocenters. The van der Waals surface area contributed by atoms with Gasteiger partial charge < -0.3 is 10.5 Å². The lowest BCUT2D eigenvalue weighted by atomic mass is 9.92. The third-order valence-corrected chi connectivity index (χ3v) is 5.29. The van der Waals surface area contributed by atoms with Gasteiger partial charge in [0.15, 0.2) is 0 Å². The average molecular weight is 305 g/mol. The predicted molar refractivity (Wildman–Crippen MR) is 87.8 cm³/mol. The fourth-order valence-electron chi connectivity index (χ4n) is 3.00. The number of piperidine rings is 1. The topological polar surface area (TPSA) is 51.4 Å². The number of methoxy groups -OCH3 is 1. The summed E-state index contributed by atoms with van der Waals surface area (Å²) >= 11 is 1.77. The quantitative estimate of drug-likeness (QED) is 0.943. The number of likely N-dealkylation sites (tertiary alicyclic amines) is 1. The largest absolute Gasteiger partial charge is 0.497 e. The van der Waals surface area contributed by atoms with E-state index in [1.54, 1.807) is 18.4 Å². The smallest absolute Gasteiger partial charge is 0.120 e. The predicted octanol–water partition coefficient (Wildman–Crippen LogP) is 2.86. The standard InChI is InChI=1S/C16H23N3OS/c1-11(17)12-4-3-7-19(9-12)10-16-18-14-6-5-13(20-2)8-15(14)21-16/h5-6,8,11-12H,3-4,7,9-10,17H2,1-2H3. The number of nitrogens with two attached hydrogens (primary N) is 1. The first kappa shape index (κ1) is 14.8. The van der Waals surface area contributed by atoms with Crippen molar-refractivity contribution < 1.29 is 4.74 Å². The SMILES string of the molecule is COc1ccc2nc(CN3CCCC(C(C)N)C3)sc2c1. The molecule has 2 unspecified atom stereocenters. The first-order valence-corrected chi connectivity index (χ1v) is 8.39. The van der Waals surface area contributed by atoms with Crippen LogP contribution in [0.5, 0.6) is 5.75 Å². The molecule has 1 saturated heterocycles. The number of aromatic nitrogens is 1. The maximum Gasteiger partial charge on any atom is 0.120 e. The highest BCUT2D eigenvalue weighted by atomic mass is 32.1. The maximum absolute atomic E-state index is 6.06. The molecule has 1 aromatic carbocycles. The van der Waals surface area contributed by atoms with Crippen LogP contribution < -0.4 is 10.5 Å². The minimum atomic E-state index is 0.285. The van der Waals surface area contributed by atoms with E-state index < -0.39 is 0 Å². The number of fused-ring (bicyclic) bond motifs is 1. The van der Waals surface area contributed by atoms with Gasteiger partial charge in [-0.15, -0.1) is 11.3 Å². The highest BCUT2D eigenvalue weighted by Crippen LogP contribution is 2.28. The van der Waals surface area contributed by atoms with Crippen molar-refractivity contribution in [3.05, 3.63) is 23.2 Å². The Hall–Kier alpha value is -1.17. The molecule has 3 rings (SSSR count). The number of hydrogen-bond donors (Lipinski definition) is 1. The molecule has 21 heavy (non-hydrogen) atoms. The molecule has 0 bridgehead atoms. The minimum Gasteiger partial charge on any atom is -0.497 e. The lowest BCUT2D eigenvalue weighted by Gasteiger charge is -2.34. The number of ether oxygens (including phenoxy) is 1. The highest BCUT2D eigenvalue weighted by Gasteiger charge is 2.23. The zero-order valence-electron chi connectivity index (χ0n) is 12.7. The number of hydrogen-bond acceptors (Lipinski definition) is 5. The summed E-state index contributed by atoms with van der Waals surface area (Å²) < 4.78 is 6.48. The Morgan fingerprint density at radius 3 is 3.14 bits per heavy atom. The van der Waals surface area contributed by atoms with E-state index in [0.717, 1.165) is 30.9 Å². The molecule has 0 aliphatic carbocycles. The fourth-order valence-corrected chi connectivity index (χ4v) is 4.04. The Morgan fingerprint density at radius 2 is 2.38 bits per heavy atom. The van der Waals surface area contributed by atoms with Crippen LogP contribution in [0.1, 0.15) is 24.8 Å². The summed E-state index contributed by atoms with van der Waals surface area (Å²) in [4.78, 5) is 7.23. The number of nitrogens with zero attached hydrogens (tertiary/aromatic N) is 2. The minimum absolute atomic E-state index is 0.285. The lowest BCUT2D eigenvalue weighted by molar-refractivity contribution is 0.154. The summed E-state index contributed by atoms with van der Waals surface area (Å²) in [6.07, 6.45) is 2.50. The summed E-state index contributed by atoms with van der Waals surface area (Å²) in [5, 5.41) is 1.18. The second-order valence-corrected chi connectivity index (χ2v) is 7.05. The molecule has 5 heteroatoms. The van der Waals surface area contributed by atoms with E-state index >= 15 is 0 Å². The number of rotatable bonds is 4. The van der Waals surface area contributed by atoms with Crippen LogP contribution in [-0.4, -0.2) is 36.1 Å². The highest BCUT2D eigenvalue weighted by molar-refractivity contribution is 7.18. The van der Waals surface area contributed by atoms with Gasteiger partial charge in [0.25, 0.3) is 0 Å². The molecule has 0 saturated carbocycles. The first-order valence-electron chi connectivity index (χ1n) is 7.57.